The summed E-state index contributed by atoms with van der Waals surface area (Å²) in [5.41, 5.74) is 3.38. The molecule has 3 amide bonds. The largest absolute Gasteiger partial charge is 0.493 e. The molecule has 260 valence electrons. The van der Waals surface area contributed by atoms with E-state index >= 15 is 0 Å². The summed E-state index contributed by atoms with van der Waals surface area (Å²) in [7, 11) is 1.44. The van der Waals surface area contributed by atoms with Crippen LogP contribution in [-0.4, -0.2) is 79.1 Å². The summed E-state index contributed by atoms with van der Waals surface area (Å²) in [4.78, 5) is 56.8. The van der Waals surface area contributed by atoms with Crippen LogP contribution in [0, 0.1) is 39.5 Å². The van der Waals surface area contributed by atoms with Crippen LogP contribution in [0.15, 0.2) is 54.6 Å². The maximum absolute atomic E-state index is 14.3. The van der Waals surface area contributed by atoms with Crippen LogP contribution < -0.4 is 20.1 Å². The van der Waals surface area contributed by atoms with E-state index in [1.165, 1.54) is 14.0 Å². The van der Waals surface area contributed by atoms with Crippen molar-refractivity contribution < 1.29 is 38.5 Å². The minimum Gasteiger partial charge on any atom is -0.493 e. The predicted molar refractivity (Wildman–Crippen MR) is 185 cm³/mol. The van der Waals surface area contributed by atoms with Crippen LogP contribution in [0.1, 0.15) is 47.1 Å². The highest BCUT2D eigenvalue weighted by molar-refractivity contribution is 6.10. The van der Waals surface area contributed by atoms with E-state index < -0.39 is 47.4 Å². The minimum atomic E-state index is -1.80. The number of anilines is 2. The lowest BCUT2D eigenvalue weighted by Gasteiger charge is -2.44. The van der Waals surface area contributed by atoms with Gasteiger partial charge in [0, 0.05) is 36.8 Å². The summed E-state index contributed by atoms with van der Waals surface area (Å²) in [5.74, 6) is -4.94. The number of ketones is 1. The Morgan fingerprint density at radius 1 is 0.898 bits per heavy atom. The Morgan fingerprint density at radius 2 is 1.49 bits per heavy atom. The number of aryl methyl sites for hydroxylation is 2. The van der Waals surface area contributed by atoms with E-state index in [1.807, 2.05) is 52.0 Å². The molecule has 11 nitrogen and oxygen atoms in total. The van der Waals surface area contributed by atoms with Gasteiger partial charge < -0.3 is 34.9 Å². The first-order valence-electron chi connectivity index (χ1n) is 16.5. The zero-order valence-electron chi connectivity index (χ0n) is 28.9. The molecule has 3 N–H and O–H groups in total. The molecule has 4 atom stereocenters. The van der Waals surface area contributed by atoms with Crippen LogP contribution in [0.2, 0.25) is 0 Å². The van der Waals surface area contributed by atoms with E-state index in [4.69, 9.17) is 14.2 Å². The maximum atomic E-state index is 14.3. The lowest BCUT2D eigenvalue weighted by molar-refractivity contribution is -0.151. The summed E-state index contributed by atoms with van der Waals surface area (Å²) in [6.45, 7) is 10.7. The number of nitrogens with zero attached hydrogens (tertiary/aromatic N) is 1. The lowest BCUT2D eigenvalue weighted by Crippen LogP contribution is -2.56. The molecule has 0 bridgehead atoms. The van der Waals surface area contributed by atoms with Gasteiger partial charge in [0.05, 0.1) is 31.8 Å². The maximum Gasteiger partial charge on any atom is 0.260 e. The van der Waals surface area contributed by atoms with Gasteiger partial charge in [-0.25, -0.2) is 0 Å². The topological polar surface area (TPSA) is 144 Å². The van der Waals surface area contributed by atoms with E-state index in [0.29, 0.717) is 43.2 Å². The number of methoxy groups -OCH3 is 1. The van der Waals surface area contributed by atoms with Crippen molar-refractivity contribution >= 4 is 34.9 Å². The summed E-state index contributed by atoms with van der Waals surface area (Å²) in [6.07, 6.45) is -0.402. The van der Waals surface area contributed by atoms with Gasteiger partial charge in [-0.1, -0.05) is 30.3 Å². The van der Waals surface area contributed by atoms with Crippen LogP contribution in [0.4, 0.5) is 11.4 Å². The molecule has 0 aromatic heterocycles. The summed E-state index contributed by atoms with van der Waals surface area (Å²) < 4.78 is 16.9. The van der Waals surface area contributed by atoms with Gasteiger partial charge in [-0.2, -0.15) is 0 Å². The summed E-state index contributed by atoms with van der Waals surface area (Å²) in [5, 5.41) is 17.7. The second-order valence-corrected chi connectivity index (χ2v) is 13.1. The molecule has 0 radical (unpaired) electrons. The Kier molecular flexibility index (Phi) is 10.7. The van der Waals surface area contributed by atoms with Crippen LogP contribution in [-0.2, 0) is 23.9 Å². The van der Waals surface area contributed by atoms with Gasteiger partial charge in [-0.05, 0) is 86.7 Å². The third-order valence-electron chi connectivity index (χ3n) is 9.84. The van der Waals surface area contributed by atoms with Gasteiger partial charge >= 0.3 is 0 Å². The van der Waals surface area contributed by atoms with Gasteiger partial charge in [0.2, 0.25) is 11.8 Å². The summed E-state index contributed by atoms with van der Waals surface area (Å²) in [6, 6.07) is 15.9. The van der Waals surface area contributed by atoms with Crippen molar-refractivity contribution in [2.24, 2.45) is 11.8 Å². The van der Waals surface area contributed by atoms with Crippen molar-refractivity contribution in [1.82, 2.24) is 4.90 Å². The van der Waals surface area contributed by atoms with E-state index in [2.05, 4.69) is 10.6 Å². The number of rotatable bonds is 9. The zero-order chi connectivity index (χ0) is 35.5. The number of amides is 3. The molecule has 1 aliphatic carbocycles. The number of hydrogen-bond donors (Lipinski definition) is 3. The van der Waals surface area contributed by atoms with Gasteiger partial charge in [-0.15, -0.1) is 0 Å². The molecule has 1 saturated carbocycles. The van der Waals surface area contributed by atoms with Crippen molar-refractivity contribution in [2.45, 2.75) is 52.6 Å². The molecule has 1 heterocycles. The first-order chi connectivity index (χ1) is 23.3. The standard InChI is InChI=1S/C38H45N3O8/c1-22-9-7-11-27(24(22)3)39-36(44)34-29(42)20-38(5,46)35(37(45)40-28-12-8-10-23(2)25(28)4)33(34)26-13-14-30(31(19-26)47-6)49-21-32(43)41-15-17-48-18-16-41/h7-14,19,33-35,46H,15-18,20-21H2,1-6H3,(H,39,44)(H,40,45). The van der Waals surface area contributed by atoms with Gasteiger partial charge in [0.1, 0.15) is 11.7 Å². The van der Waals surface area contributed by atoms with Crippen LogP contribution in [0.5, 0.6) is 11.5 Å². The van der Waals surface area contributed by atoms with Crippen molar-refractivity contribution in [3.8, 4) is 11.5 Å². The highest BCUT2D eigenvalue weighted by atomic mass is 16.5. The van der Waals surface area contributed by atoms with E-state index in [9.17, 15) is 24.3 Å². The smallest absolute Gasteiger partial charge is 0.260 e. The zero-order valence-corrected chi connectivity index (χ0v) is 28.9. The minimum absolute atomic E-state index is 0.199. The Labute approximate surface area is 286 Å². The number of Topliss-reactive ketones (excluding diaryl/α,β-unsaturated/α-hetero) is 1. The van der Waals surface area contributed by atoms with E-state index in [0.717, 1.165) is 22.3 Å². The molecule has 1 saturated heterocycles. The number of hydrogen-bond acceptors (Lipinski definition) is 8. The quantitative estimate of drug-likeness (QED) is 0.283. The van der Waals surface area contributed by atoms with Crippen molar-refractivity contribution in [3.63, 3.8) is 0 Å². The van der Waals surface area contributed by atoms with E-state index in [1.54, 1.807) is 35.2 Å². The Hall–Kier alpha value is -4.74. The number of ether oxygens (including phenoxy) is 3. The molecule has 11 heteroatoms. The molecule has 2 fully saturated rings. The fourth-order valence-corrected chi connectivity index (χ4v) is 6.74. The molecule has 3 aromatic rings. The summed E-state index contributed by atoms with van der Waals surface area (Å²) >= 11 is 0. The molecule has 4 unspecified atom stereocenters. The van der Waals surface area contributed by atoms with Crippen molar-refractivity contribution in [2.75, 3.05) is 50.7 Å². The molecule has 5 rings (SSSR count). The molecule has 49 heavy (non-hydrogen) atoms. The fourth-order valence-electron chi connectivity index (χ4n) is 6.74. The Morgan fingerprint density at radius 3 is 2.08 bits per heavy atom. The predicted octanol–water partition coefficient (Wildman–Crippen LogP) is 4.48. The average Bonchev–Trinajstić information content (AvgIpc) is 3.07. The van der Waals surface area contributed by atoms with Crippen LogP contribution in [0.3, 0.4) is 0 Å². The average molecular weight is 672 g/mol. The van der Waals surface area contributed by atoms with Crippen LogP contribution in [0.25, 0.3) is 0 Å². The molecule has 3 aromatic carbocycles. The van der Waals surface area contributed by atoms with Gasteiger partial charge in [-0.3, -0.25) is 19.2 Å². The van der Waals surface area contributed by atoms with Crippen LogP contribution >= 0.6 is 0 Å². The monoisotopic (exact) mass is 671 g/mol. The third-order valence-corrected chi connectivity index (χ3v) is 9.84. The van der Waals surface area contributed by atoms with Crippen molar-refractivity contribution in [3.05, 3.63) is 82.4 Å². The normalized spacial score (nSPS) is 22.3. The Balaban J connectivity index is 1.54. The van der Waals surface area contributed by atoms with E-state index in [-0.39, 0.29) is 24.0 Å². The molecular weight excluding hydrogens is 626 g/mol. The molecular formula is C38H45N3O8. The number of morpholine rings is 1. The van der Waals surface area contributed by atoms with Crippen molar-refractivity contribution in [1.29, 1.82) is 0 Å². The number of benzene rings is 3. The SMILES string of the molecule is COc1cc(C2C(C(=O)Nc3cccc(C)c3C)C(=O)CC(C)(O)C2C(=O)Nc2cccc(C)c2C)ccc1OCC(=O)N1CCOCC1. The second kappa shape index (κ2) is 14.8. The highest BCUT2D eigenvalue weighted by Gasteiger charge is 2.56. The number of aliphatic hydroxyl groups is 1. The van der Waals surface area contributed by atoms with Gasteiger partial charge in [0.25, 0.3) is 5.91 Å². The highest BCUT2D eigenvalue weighted by Crippen LogP contribution is 2.48. The first-order valence-corrected chi connectivity index (χ1v) is 16.5. The second-order valence-electron chi connectivity index (χ2n) is 13.1. The van der Waals surface area contributed by atoms with Gasteiger partial charge in [0.15, 0.2) is 18.1 Å². The number of carbonyl (C=O) groups excluding carboxylic acids is 4. The fraction of sp³-hybridized carbons (Fsp3) is 0.421. The lowest BCUT2D eigenvalue weighted by atomic mass is 9.61. The molecule has 1 aliphatic heterocycles. The first kappa shape index (κ1) is 35.6. The number of carbonyl (C=O) groups is 4. The molecule has 0 spiro atoms. The Bertz CT molecular complexity index is 1750. The molecule has 2 aliphatic rings. The third kappa shape index (κ3) is 7.63. The number of nitrogens with one attached hydrogen (secondary N) is 2.